The Hall–Kier alpha value is -2.37. The summed E-state index contributed by atoms with van der Waals surface area (Å²) >= 11 is 0. The molecule has 6 heteroatoms. The van der Waals surface area contributed by atoms with Crippen LogP contribution in [-0.2, 0) is 7.05 Å². The number of aromatic nitrogens is 3. The molecule has 0 saturated heterocycles. The van der Waals surface area contributed by atoms with Crippen LogP contribution in [0, 0.1) is 6.92 Å². The third-order valence-corrected chi connectivity index (χ3v) is 2.47. The summed E-state index contributed by atoms with van der Waals surface area (Å²) < 4.78 is 1.48. The van der Waals surface area contributed by atoms with Crippen LogP contribution in [0.2, 0.25) is 0 Å². The van der Waals surface area contributed by atoms with E-state index in [0.29, 0.717) is 17.2 Å². The Morgan fingerprint density at radius 2 is 2.24 bits per heavy atom. The monoisotopic (exact) mass is 231 g/mol. The highest BCUT2D eigenvalue weighted by atomic mass is 16.1. The first-order valence-electron chi connectivity index (χ1n) is 5.10. The van der Waals surface area contributed by atoms with E-state index in [1.165, 1.54) is 11.0 Å². The molecule has 0 radical (unpaired) electrons. The minimum Gasteiger partial charge on any atom is -0.398 e. The second-order valence-corrected chi connectivity index (χ2v) is 3.70. The Kier molecular flexibility index (Phi) is 2.78. The van der Waals surface area contributed by atoms with Crippen molar-refractivity contribution < 1.29 is 4.79 Å². The largest absolute Gasteiger partial charge is 0.398 e. The van der Waals surface area contributed by atoms with Crippen molar-refractivity contribution in [1.82, 2.24) is 14.8 Å². The number of nitrogens with two attached hydrogens (primary N) is 1. The van der Waals surface area contributed by atoms with Crippen LogP contribution in [0.5, 0.6) is 0 Å². The van der Waals surface area contributed by atoms with Gasteiger partial charge in [-0.25, -0.2) is 4.68 Å². The zero-order valence-electron chi connectivity index (χ0n) is 9.64. The van der Waals surface area contributed by atoms with Crippen LogP contribution in [0.3, 0.4) is 0 Å². The highest BCUT2D eigenvalue weighted by molar-refractivity contribution is 6.08. The Bertz CT molecular complexity index is 540. The zero-order chi connectivity index (χ0) is 12.4. The van der Waals surface area contributed by atoms with Crippen molar-refractivity contribution >= 4 is 17.5 Å². The average Bonchev–Trinajstić information content (AvgIpc) is 2.64. The quantitative estimate of drug-likeness (QED) is 0.754. The Balaban J connectivity index is 2.30. The number of hydrogen-bond acceptors (Lipinski definition) is 4. The first-order chi connectivity index (χ1) is 8.09. The van der Waals surface area contributed by atoms with Crippen LogP contribution < -0.4 is 11.1 Å². The van der Waals surface area contributed by atoms with E-state index in [1.54, 1.807) is 13.1 Å². The van der Waals surface area contributed by atoms with Crippen LogP contribution in [0.15, 0.2) is 24.5 Å². The van der Waals surface area contributed by atoms with Gasteiger partial charge in [-0.05, 0) is 18.6 Å². The molecule has 0 atom stereocenters. The molecule has 0 aliphatic rings. The normalized spacial score (nSPS) is 10.2. The summed E-state index contributed by atoms with van der Waals surface area (Å²) in [4.78, 5) is 16.0. The number of carbonyl (C=O) groups excluding carboxylic acids is 1. The molecule has 1 aromatic heterocycles. The molecule has 0 bridgehead atoms. The zero-order valence-corrected chi connectivity index (χ0v) is 9.64. The van der Waals surface area contributed by atoms with E-state index in [9.17, 15) is 4.79 Å². The number of benzene rings is 1. The van der Waals surface area contributed by atoms with E-state index in [4.69, 9.17) is 5.73 Å². The number of amides is 1. The molecule has 3 N–H and O–H groups in total. The predicted octanol–water partition coefficient (Wildman–Crippen LogP) is 0.958. The summed E-state index contributed by atoms with van der Waals surface area (Å²) in [6.45, 7) is 1.84. The van der Waals surface area contributed by atoms with E-state index in [1.807, 2.05) is 19.1 Å². The SMILES string of the molecule is Cc1cccc(N)c1C(=O)Nc1ncnn1C. The van der Waals surface area contributed by atoms with E-state index < -0.39 is 0 Å². The van der Waals surface area contributed by atoms with Crippen LogP contribution >= 0.6 is 0 Å². The molecule has 2 aromatic rings. The van der Waals surface area contributed by atoms with Crippen LogP contribution in [0.4, 0.5) is 11.6 Å². The first kappa shape index (κ1) is 11.1. The average molecular weight is 231 g/mol. The lowest BCUT2D eigenvalue weighted by atomic mass is 10.1. The number of nitrogens with zero attached hydrogens (tertiary/aromatic N) is 3. The minimum absolute atomic E-state index is 0.281. The van der Waals surface area contributed by atoms with Gasteiger partial charge in [0.05, 0.1) is 5.56 Å². The molecule has 0 aliphatic heterocycles. The van der Waals surface area contributed by atoms with E-state index in [2.05, 4.69) is 15.4 Å². The van der Waals surface area contributed by atoms with E-state index in [-0.39, 0.29) is 5.91 Å². The van der Waals surface area contributed by atoms with Crippen molar-refractivity contribution in [1.29, 1.82) is 0 Å². The lowest BCUT2D eigenvalue weighted by Crippen LogP contribution is -2.18. The molecular formula is C11H13N5O. The second-order valence-electron chi connectivity index (χ2n) is 3.70. The molecule has 1 heterocycles. The van der Waals surface area contributed by atoms with Gasteiger partial charge in [0, 0.05) is 12.7 Å². The fourth-order valence-electron chi connectivity index (χ4n) is 1.57. The maximum absolute atomic E-state index is 12.0. The fraction of sp³-hybridized carbons (Fsp3) is 0.182. The molecule has 0 saturated carbocycles. The molecule has 0 unspecified atom stereocenters. The number of nitrogens with one attached hydrogen (secondary N) is 1. The summed E-state index contributed by atoms with van der Waals surface area (Å²) in [5, 5.41) is 6.53. The molecule has 6 nitrogen and oxygen atoms in total. The Morgan fingerprint density at radius 3 is 2.82 bits per heavy atom. The number of rotatable bonds is 2. The molecule has 88 valence electrons. The van der Waals surface area contributed by atoms with Crippen molar-refractivity contribution in [3.63, 3.8) is 0 Å². The highest BCUT2D eigenvalue weighted by Gasteiger charge is 2.14. The summed E-state index contributed by atoms with van der Waals surface area (Å²) in [5.74, 6) is 0.106. The highest BCUT2D eigenvalue weighted by Crippen LogP contribution is 2.17. The van der Waals surface area contributed by atoms with Crippen molar-refractivity contribution in [3.05, 3.63) is 35.7 Å². The minimum atomic E-state index is -0.281. The van der Waals surface area contributed by atoms with Gasteiger partial charge in [-0.1, -0.05) is 12.1 Å². The van der Waals surface area contributed by atoms with Gasteiger partial charge in [-0.15, -0.1) is 0 Å². The number of hydrogen-bond donors (Lipinski definition) is 2. The van der Waals surface area contributed by atoms with Crippen molar-refractivity contribution in [2.45, 2.75) is 6.92 Å². The van der Waals surface area contributed by atoms with Crippen molar-refractivity contribution in [3.8, 4) is 0 Å². The van der Waals surface area contributed by atoms with Crippen molar-refractivity contribution in [2.24, 2.45) is 7.05 Å². The van der Waals surface area contributed by atoms with Gasteiger partial charge < -0.3 is 5.73 Å². The maximum Gasteiger partial charge on any atom is 0.260 e. The lowest BCUT2D eigenvalue weighted by Gasteiger charge is -2.09. The van der Waals surface area contributed by atoms with E-state index in [0.717, 1.165) is 5.56 Å². The number of aryl methyl sites for hydroxylation is 2. The van der Waals surface area contributed by atoms with Gasteiger partial charge in [-0.2, -0.15) is 10.1 Å². The maximum atomic E-state index is 12.0. The Morgan fingerprint density at radius 1 is 1.47 bits per heavy atom. The van der Waals surface area contributed by atoms with E-state index >= 15 is 0 Å². The fourth-order valence-corrected chi connectivity index (χ4v) is 1.57. The van der Waals surface area contributed by atoms with Gasteiger partial charge in [-0.3, -0.25) is 10.1 Å². The first-order valence-corrected chi connectivity index (χ1v) is 5.10. The molecule has 17 heavy (non-hydrogen) atoms. The molecule has 1 aromatic carbocycles. The molecule has 0 aliphatic carbocycles. The van der Waals surface area contributed by atoms with Gasteiger partial charge in [0.25, 0.3) is 5.91 Å². The smallest absolute Gasteiger partial charge is 0.260 e. The number of anilines is 2. The molecular weight excluding hydrogens is 218 g/mol. The van der Waals surface area contributed by atoms with Gasteiger partial charge in [0.15, 0.2) is 0 Å². The van der Waals surface area contributed by atoms with Crippen molar-refractivity contribution in [2.75, 3.05) is 11.1 Å². The predicted molar refractivity (Wildman–Crippen MR) is 64.5 cm³/mol. The molecule has 2 rings (SSSR count). The van der Waals surface area contributed by atoms with Gasteiger partial charge in [0.1, 0.15) is 6.33 Å². The summed E-state index contributed by atoms with van der Waals surface area (Å²) in [7, 11) is 1.70. The van der Waals surface area contributed by atoms with Crippen LogP contribution in [0.25, 0.3) is 0 Å². The number of nitrogen functional groups attached to an aromatic ring is 1. The van der Waals surface area contributed by atoms with Gasteiger partial charge >= 0.3 is 0 Å². The summed E-state index contributed by atoms with van der Waals surface area (Å²) in [6.07, 6.45) is 1.37. The Labute approximate surface area is 98.5 Å². The summed E-state index contributed by atoms with van der Waals surface area (Å²) in [5.41, 5.74) is 7.53. The standard InChI is InChI=1S/C11H13N5O/c1-7-4-3-5-8(12)9(7)10(17)15-11-13-6-14-16(11)2/h3-6H,12H2,1-2H3,(H,13,14,15,17). The third kappa shape index (κ3) is 2.10. The molecule has 0 fully saturated rings. The second kappa shape index (κ2) is 4.25. The lowest BCUT2D eigenvalue weighted by molar-refractivity contribution is 0.102. The summed E-state index contributed by atoms with van der Waals surface area (Å²) in [6, 6.07) is 5.34. The third-order valence-electron chi connectivity index (χ3n) is 2.47. The van der Waals surface area contributed by atoms with Crippen LogP contribution in [0.1, 0.15) is 15.9 Å². The van der Waals surface area contributed by atoms with Crippen LogP contribution in [-0.4, -0.2) is 20.7 Å². The van der Waals surface area contributed by atoms with Gasteiger partial charge in [0.2, 0.25) is 5.95 Å². The topological polar surface area (TPSA) is 85.8 Å². The number of carbonyl (C=O) groups is 1. The molecule has 0 spiro atoms. The molecule has 1 amide bonds.